The second-order valence-corrected chi connectivity index (χ2v) is 18.3. The van der Waals surface area contributed by atoms with E-state index >= 15 is 0 Å². The van der Waals surface area contributed by atoms with Crippen LogP contribution in [0.3, 0.4) is 0 Å². The molecule has 0 N–H and O–H groups in total. The molecule has 0 aliphatic heterocycles. The Hall–Kier alpha value is -2.43. The van der Waals surface area contributed by atoms with Gasteiger partial charge in [0.15, 0.2) is 11.1 Å². The van der Waals surface area contributed by atoms with Gasteiger partial charge < -0.3 is 32.5 Å². The van der Waals surface area contributed by atoms with Crippen LogP contribution in [0.25, 0.3) is 10.4 Å². The topological polar surface area (TPSA) is 157 Å². The lowest BCUT2D eigenvalue weighted by atomic mass is 10.2. The first-order valence-corrected chi connectivity index (χ1v) is 20.9. The molecule has 0 aliphatic rings. The van der Waals surface area contributed by atoms with Crippen molar-refractivity contribution in [2.45, 2.75) is 58.0 Å². The van der Waals surface area contributed by atoms with Gasteiger partial charge in [-0.05, 0) is 90.9 Å². The Balaban J connectivity index is 2.25. The predicted molar refractivity (Wildman–Crippen MR) is 192 cm³/mol. The van der Waals surface area contributed by atoms with Crippen molar-refractivity contribution in [2.24, 2.45) is 10.2 Å². The molecule has 14 nitrogen and oxygen atoms in total. The highest BCUT2D eigenvalue weighted by Gasteiger charge is 2.36. The van der Waals surface area contributed by atoms with E-state index in [1.54, 1.807) is 59.2 Å². The number of hydrogen-bond donors (Lipinski definition) is 0. The molecule has 0 fully saturated rings. The first kappa shape index (κ1) is 40.7. The molecule has 2 aromatic carbocycles. The van der Waals surface area contributed by atoms with Crippen molar-refractivity contribution in [1.29, 1.82) is 0 Å². The third-order valence-corrected chi connectivity index (χ3v) is 15.5. The van der Waals surface area contributed by atoms with Gasteiger partial charge in [-0.3, -0.25) is 13.9 Å². The van der Waals surface area contributed by atoms with Crippen LogP contribution >= 0.6 is 22.0 Å². The fourth-order valence-electron chi connectivity index (χ4n) is 4.33. The zero-order chi connectivity index (χ0) is 35.3. The Kier molecular flexibility index (Phi) is 15.9. The molecule has 0 spiro atoms. The summed E-state index contributed by atoms with van der Waals surface area (Å²) in [7, 11) is -0.0341. The number of nitrogens with zero attached hydrogens (tertiary/aromatic N) is 6. The smallest absolute Gasteiger partial charge is 0.349 e. The summed E-state index contributed by atoms with van der Waals surface area (Å²) in [6.45, 7) is 5.90. The summed E-state index contributed by atoms with van der Waals surface area (Å²) >= 11 is 6.07. The Morgan fingerprint density at radius 3 is 1.74 bits per heavy atom. The predicted octanol–water partition coefficient (Wildman–Crippen LogP) is 8.65. The van der Waals surface area contributed by atoms with E-state index in [-0.39, 0.29) is 12.6 Å². The molecular weight excluding hydrogens is 685 g/mol. The van der Waals surface area contributed by atoms with Crippen molar-refractivity contribution in [1.82, 2.24) is 4.78 Å². The molecule has 0 amide bonds. The lowest BCUT2D eigenvalue weighted by Crippen LogP contribution is -2.33. The van der Waals surface area contributed by atoms with Crippen molar-refractivity contribution < 1.29 is 36.7 Å². The van der Waals surface area contributed by atoms with Crippen molar-refractivity contribution >= 4 is 45.7 Å². The lowest BCUT2D eigenvalue weighted by Gasteiger charge is -2.37. The van der Waals surface area contributed by atoms with E-state index in [4.69, 9.17) is 44.9 Å². The zero-order valence-corrected chi connectivity index (χ0v) is 32.1. The van der Waals surface area contributed by atoms with Gasteiger partial charge in [-0.25, -0.2) is 0 Å². The molecule has 0 aliphatic carbocycles. The maximum atomic E-state index is 13.0. The Morgan fingerprint density at radius 2 is 1.32 bits per heavy atom. The summed E-state index contributed by atoms with van der Waals surface area (Å²) in [5.74, 6) is 1.16. The summed E-state index contributed by atoms with van der Waals surface area (Å²) in [5, 5.41) is 7.73. The van der Waals surface area contributed by atoms with E-state index in [2.05, 4.69) is 15.1 Å². The minimum Gasteiger partial charge on any atom is -0.481 e. The second-order valence-electron chi connectivity index (χ2n) is 10.5. The molecule has 0 aromatic heterocycles. The quantitative estimate of drug-likeness (QED) is 0.0302. The number of anilines is 1. The number of rotatable bonds is 21. The third-order valence-electron chi connectivity index (χ3n) is 7.65. The average Bonchev–Trinajstić information content (AvgIpc) is 3.09. The van der Waals surface area contributed by atoms with Gasteiger partial charge >= 0.3 is 15.2 Å². The van der Waals surface area contributed by atoms with Gasteiger partial charge in [-0.15, -0.1) is 0 Å². The molecular formula is C29H47N6O8P3S. The minimum absolute atomic E-state index is 0.184. The molecule has 2 aromatic rings. The van der Waals surface area contributed by atoms with E-state index < -0.39 is 33.1 Å². The fourth-order valence-corrected chi connectivity index (χ4v) is 9.31. The van der Waals surface area contributed by atoms with Crippen molar-refractivity contribution in [2.75, 3.05) is 53.0 Å². The van der Waals surface area contributed by atoms with Crippen LogP contribution in [0.15, 0.2) is 58.7 Å². The van der Waals surface area contributed by atoms with Gasteiger partial charge in [-0.1, -0.05) is 32.6 Å². The van der Waals surface area contributed by atoms with E-state index in [1.807, 2.05) is 40.0 Å². The summed E-state index contributed by atoms with van der Waals surface area (Å²) < 4.78 is 60.7. The fraction of sp³-hybridized carbons (Fsp3) is 0.552. The largest absolute Gasteiger partial charge is 0.481 e. The van der Waals surface area contributed by atoms with E-state index in [0.29, 0.717) is 36.4 Å². The van der Waals surface area contributed by atoms with E-state index in [9.17, 15) is 9.13 Å². The molecule has 2 rings (SSSR count). The molecule has 0 radical (unpaired) electrons. The SMILES string of the molecule is CCC(CC)(Oc1ccc(N(CP(=O)(OC)OC)CP(=O)(OC)OC)cc1)[PH](=S)N(C)/N=C/c1ccc(O[C@](C)(CC)N=[N+]=[N-])cc1. The first-order valence-electron chi connectivity index (χ1n) is 14.9. The van der Waals surface area contributed by atoms with Gasteiger partial charge in [0.1, 0.15) is 24.1 Å². The highest BCUT2D eigenvalue weighted by atomic mass is 32.4. The molecule has 47 heavy (non-hydrogen) atoms. The van der Waals surface area contributed by atoms with Crippen LogP contribution < -0.4 is 14.4 Å². The monoisotopic (exact) mass is 732 g/mol. The summed E-state index contributed by atoms with van der Waals surface area (Å²) in [5.41, 5.74) is 9.29. The van der Waals surface area contributed by atoms with Crippen molar-refractivity contribution in [3.05, 3.63) is 64.5 Å². The van der Waals surface area contributed by atoms with E-state index in [0.717, 1.165) is 5.56 Å². The maximum absolute atomic E-state index is 13.0. The Morgan fingerprint density at radius 1 is 0.851 bits per heavy atom. The van der Waals surface area contributed by atoms with Crippen LogP contribution in [-0.4, -0.2) is 70.1 Å². The number of azide groups is 1. The minimum atomic E-state index is -3.52. The molecule has 0 bridgehead atoms. The van der Waals surface area contributed by atoms with Crippen LogP contribution in [0.2, 0.25) is 0 Å². The van der Waals surface area contributed by atoms with Crippen molar-refractivity contribution in [3.63, 3.8) is 0 Å². The van der Waals surface area contributed by atoms with Crippen LogP contribution in [0, 0.1) is 0 Å². The van der Waals surface area contributed by atoms with Crippen LogP contribution in [0.1, 0.15) is 52.5 Å². The molecule has 0 heterocycles. The molecule has 0 saturated carbocycles. The zero-order valence-electron chi connectivity index (χ0n) is 28.5. The Bertz CT molecular complexity index is 1450. The number of hydrazone groups is 1. The van der Waals surface area contributed by atoms with Crippen LogP contribution in [-0.2, 0) is 39.0 Å². The molecule has 262 valence electrons. The highest BCUT2D eigenvalue weighted by Crippen LogP contribution is 2.53. The van der Waals surface area contributed by atoms with Gasteiger partial charge in [0.25, 0.3) is 0 Å². The lowest BCUT2D eigenvalue weighted by molar-refractivity contribution is 0.0921. The van der Waals surface area contributed by atoms with E-state index in [1.165, 1.54) is 28.4 Å². The van der Waals surface area contributed by atoms with Gasteiger partial charge in [0, 0.05) is 46.1 Å². The van der Waals surface area contributed by atoms with Gasteiger partial charge in [0.05, 0.1) is 13.1 Å². The number of benzene rings is 2. The molecule has 0 saturated heterocycles. The van der Waals surface area contributed by atoms with Gasteiger partial charge in [0.2, 0.25) is 0 Å². The first-order chi connectivity index (χ1) is 22.2. The second kappa shape index (κ2) is 18.4. The molecule has 2 atom stereocenters. The van der Waals surface area contributed by atoms with Crippen LogP contribution in [0.4, 0.5) is 5.69 Å². The summed E-state index contributed by atoms with van der Waals surface area (Å²) in [4.78, 5) is 4.46. The van der Waals surface area contributed by atoms with Crippen molar-refractivity contribution in [3.8, 4) is 11.5 Å². The maximum Gasteiger partial charge on any atom is 0.349 e. The number of hydrogen-bond acceptors (Lipinski definition) is 12. The third kappa shape index (κ3) is 11.3. The standard InChI is InChI=1S/C29H47N6O8P3S/c1-10-28(4,32-33-30)42-26-17-13-24(14-18-26)21-31-34(5)44(47)29(11-2,12-3)43-27-19-15-25(16-20-27)35(22-45(36,38-6)39-7)23-46(37,40-8)41-9/h13-21,44H,10-12,22-23H2,1-9H3/b31-21+/t28-/m1/s1. The van der Waals surface area contributed by atoms with Crippen LogP contribution in [0.5, 0.6) is 11.5 Å². The molecule has 18 heteroatoms. The molecule has 1 unspecified atom stereocenters. The number of ether oxygens (including phenoxy) is 2. The summed E-state index contributed by atoms with van der Waals surface area (Å²) in [6, 6.07) is 14.4. The summed E-state index contributed by atoms with van der Waals surface area (Å²) in [6.07, 6.45) is 3.18. The average molecular weight is 733 g/mol. The van der Waals surface area contributed by atoms with Gasteiger partial charge in [-0.2, -0.15) is 5.10 Å². The highest BCUT2D eigenvalue weighted by molar-refractivity contribution is 8.04. The normalized spacial score (nSPS) is 14.2. The Labute approximate surface area is 283 Å².